The normalized spacial score (nSPS) is 11.4. The Morgan fingerprint density at radius 2 is 2.19 bits per heavy atom. The van der Waals surface area contributed by atoms with Gasteiger partial charge < -0.3 is 4.90 Å². The van der Waals surface area contributed by atoms with E-state index in [2.05, 4.69) is 27.7 Å². The molecular weight excluding hydrogens is 317 g/mol. The van der Waals surface area contributed by atoms with Gasteiger partial charge in [0.05, 0.1) is 5.56 Å². The number of halogens is 1. The number of carbonyl (C=O) groups excluding carboxylic acids is 1. The van der Waals surface area contributed by atoms with Crippen LogP contribution in [0.1, 0.15) is 30.2 Å². The van der Waals surface area contributed by atoms with Crippen molar-refractivity contribution in [2.24, 2.45) is 0 Å². The van der Waals surface area contributed by atoms with E-state index in [-0.39, 0.29) is 11.8 Å². The van der Waals surface area contributed by atoms with Crippen molar-refractivity contribution < 1.29 is 4.79 Å². The number of carbonyl (C=O) groups is 1. The van der Waals surface area contributed by atoms with E-state index < -0.39 is 0 Å². The van der Waals surface area contributed by atoms with E-state index in [1.54, 1.807) is 23.2 Å². The number of allylic oxidation sites excluding steroid dienone is 1. The highest BCUT2D eigenvalue weighted by Gasteiger charge is 2.13. The molecule has 1 aromatic rings. The topological polar surface area (TPSA) is 38.1 Å². The molecule has 0 aliphatic rings. The fraction of sp³-hybridized carbons (Fsp3) is 0.455. The van der Waals surface area contributed by atoms with Crippen molar-refractivity contribution in [3.63, 3.8) is 0 Å². The first kappa shape index (κ1) is 13.2. The van der Waals surface area contributed by atoms with E-state index in [1.165, 1.54) is 0 Å². The van der Waals surface area contributed by atoms with Crippen LogP contribution in [0.4, 0.5) is 0 Å². The number of rotatable bonds is 4. The van der Waals surface area contributed by atoms with E-state index in [9.17, 15) is 4.79 Å². The lowest BCUT2D eigenvalue weighted by Gasteiger charge is -2.03. The molecule has 0 spiro atoms. The van der Waals surface area contributed by atoms with E-state index in [1.807, 2.05) is 32.8 Å². The van der Waals surface area contributed by atoms with Gasteiger partial charge in [-0.2, -0.15) is 5.10 Å². The summed E-state index contributed by atoms with van der Waals surface area (Å²) < 4.78 is 2.55. The van der Waals surface area contributed by atoms with Crippen molar-refractivity contribution in [1.82, 2.24) is 14.7 Å². The summed E-state index contributed by atoms with van der Waals surface area (Å²) in [5, 5.41) is 4.29. The quantitative estimate of drug-likeness (QED) is 0.482. The lowest BCUT2D eigenvalue weighted by atomic mass is 10.2. The molecule has 0 aliphatic carbocycles. The molecule has 1 rings (SSSR count). The molecule has 0 aromatic carbocycles. The Morgan fingerprint density at radius 3 is 2.62 bits per heavy atom. The molecule has 0 saturated carbocycles. The number of hydrogen-bond acceptors (Lipinski definition) is 3. The number of aromatic nitrogens is 2. The van der Waals surface area contributed by atoms with E-state index in [0.29, 0.717) is 5.56 Å². The first-order valence-corrected chi connectivity index (χ1v) is 6.13. The van der Waals surface area contributed by atoms with Gasteiger partial charge in [-0.15, -0.1) is 0 Å². The third kappa shape index (κ3) is 3.33. The van der Waals surface area contributed by atoms with Gasteiger partial charge in [0.15, 0.2) is 5.78 Å². The molecule has 0 radical (unpaired) electrons. The van der Waals surface area contributed by atoms with Crippen molar-refractivity contribution in [2.75, 3.05) is 14.1 Å². The molecule has 1 heterocycles. The van der Waals surface area contributed by atoms with Gasteiger partial charge >= 0.3 is 0 Å². The summed E-state index contributed by atoms with van der Waals surface area (Å²) >= 11 is 2.09. The van der Waals surface area contributed by atoms with Crippen molar-refractivity contribution in [2.45, 2.75) is 19.9 Å². The maximum absolute atomic E-state index is 11.8. The average molecular weight is 333 g/mol. The zero-order valence-corrected chi connectivity index (χ0v) is 12.1. The molecule has 16 heavy (non-hydrogen) atoms. The van der Waals surface area contributed by atoms with Gasteiger partial charge in [-0.05, 0) is 36.4 Å². The maximum Gasteiger partial charge on any atom is 0.191 e. The van der Waals surface area contributed by atoms with Crippen LogP contribution in [0, 0.1) is 3.70 Å². The van der Waals surface area contributed by atoms with E-state index in [4.69, 9.17) is 0 Å². The number of nitrogens with zero attached hydrogens (tertiary/aromatic N) is 3. The summed E-state index contributed by atoms with van der Waals surface area (Å²) in [6, 6.07) is 0.271. The second-order valence-corrected chi connectivity index (χ2v) is 5.07. The lowest BCUT2D eigenvalue weighted by Crippen LogP contribution is -2.03. The van der Waals surface area contributed by atoms with Crippen molar-refractivity contribution in [3.05, 3.63) is 27.7 Å². The molecule has 0 saturated heterocycles. The zero-order chi connectivity index (χ0) is 12.3. The van der Waals surface area contributed by atoms with Crippen molar-refractivity contribution in [1.29, 1.82) is 0 Å². The predicted molar refractivity (Wildman–Crippen MR) is 72.5 cm³/mol. The van der Waals surface area contributed by atoms with Crippen LogP contribution < -0.4 is 0 Å². The minimum Gasteiger partial charge on any atom is -0.383 e. The smallest absolute Gasteiger partial charge is 0.191 e. The molecule has 0 amide bonds. The Kier molecular flexibility index (Phi) is 4.52. The summed E-state index contributed by atoms with van der Waals surface area (Å²) in [5.41, 5.74) is 0.660. The van der Waals surface area contributed by atoms with Crippen LogP contribution in [0.5, 0.6) is 0 Å². The van der Waals surface area contributed by atoms with E-state index >= 15 is 0 Å². The van der Waals surface area contributed by atoms with Crippen LogP contribution in [-0.2, 0) is 0 Å². The first-order chi connectivity index (χ1) is 7.41. The average Bonchev–Trinajstić information content (AvgIpc) is 2.57. The molecule has 4 nitrogen and oxygen atoms in total. The summed E-state index contributed by atoms with van der Waals surface area (Å²) in [4.78, 5) is 13.7. The second-order valence-electron chi connectivity index (χ2n) is 4.05. The molecule has 0 unspecified atom stereocenters. The molecular formula is C11H16IN3O. The summed E-state index contributed by atoms with van der Waals surface area (Å²) in [6.45, 7) is 4.07. The predicted octanol–water partition coefficient (Wildman–Crippen LogP) is 2.33. The Balaban J connectivity index is 2.92. The van der Waals surface area contributed by atoms with Gasteiger partial charge in [-0.25, -0.2) is 0 Å². The van der Waals surface area contributed by atoms with Crippen molar-refractivity contribution in [3.8, 4) is 0 Å². The van der Waals surface area contributed by atoms with Gasteiger partial charge in [-0.3, -0.25) is 9.48 Å². The fourth-order valence-electron chi connectivity index (χ4n) is 1.11. The Labute approximate surface area is 109 Å². The minimum atomic E-state index is -0.00926. The molecule has 0 fully saturated rings. The Morgan fingerprint density at radius 1 is 1.56 bits per heavy atom. The van der Waals surface area contributed by atoms with Gasteiger partial charge in [0, 0.05) is 38.6 Å². The Hall–Kier alpha value is -0.850. The second kappa shape index (κ2) is 5.47. The molecule has 88 valence electrons. The van der Waals surface area contributed by atoms with Gasteiger partial charge in [-0.1, -0.05) is 0 Å². The van der Waals surface area contributed by atoms with Crippen LogP contribution in [0.15, 0.2) is 18.5 Å². The molecule has 5 heteroatoms. The summed E-state index contributed by atoms with van der Waals surface area (Å²) in [7, 11) is 3.76. The monoisotopic (exact) mass is 333 g/mol. The fourth-order valence-corrected chi connectivity index (χ4v) is 1.76. The SMILES string of the molecule is CC(C)n1cc(C(=O)C=CN(C)C)c(I)n1. The molecule has 0 N–H and O–H groups in total. The van der Waals surface area contributed by atoms with Gasteiger partial charge in [0.1, 0.15) is 3.70 Å². The minimum absolute atomic E-state index is 0.00926. The molecule has 0 bridgehead atoms. The number of ketones is 1. The van der Waals surface area contributed by atoms with Gasteiger partial charge in [0.25, 0.3) is 0 Å². The highest BCUT2D eigenvalue weighted by atomic mass is 127. The largest absolute Gasteiger partial charge is 0.383 e. The molecule has 0 atom stereocenters. The number of hydrogen-bond donors (Lipinski definition) is 0. The molecule has 0 aliphatic heterocycles. The van der Waals surface area contributed by atoms with E-state index in [0.717, 1.165) is 3.70 Å². The van der Waals surface area contributed by atoms with Crippen molar-refractivity contribution >= 4 is 28.4 Å². The Bertz CT molecular complexity index is 407. The summed E-state index contributed by atoms with van der Waals surface area (Å²) in [6.07, 6.45) is 5.10. The highest BCUT2D eigenvalue weighted by molar-refractivity contribution is 14.1. The third-order valence-corrected chi connectivity index (χ3v) is 2.80. The standard InChI is InChI=1S/C11H16IN3O/c1-8(2)15-7-9(11(12)13-15)10(16)5-6-14(3)4/h5-8H,1-4H3. The highest BCUT2D eigenvalue weighted by Crippen LogP contribution is 2.14. The molecule has 1 aromatic heterocycles. The van der Waals surface area contributed by atoms with Crippen LogP contribution in [0.2, 0.25) is 0 Å². The van der Waals surface area contributed by atoms with Crippen LogP contribution in [-0.4, -0.2) is 34.6 Å². The van der Waals surface area contributed by atoms with Crippen LogP contribution in [0.25, 0.3) is 0 Å². The maximum atomic E-state index is 11.8. The third-order valence-electron chi connectivity index (χ3n) is 2.01. The zero-order valence-electron chi connectivity index (χ0n) is 9.94. The van der Waals surface area contributed by atoms with Crippen LogP contribution in [0.3, 0.4) is 0 Å². The van der Waals surface area contributed by atoms with Crippen LogP contribution >= 0.6 is 22.6 Å². The van der Waals surface area contributed by atoms with Gasteiger partial charge in [0.2, 0.25) is 0 Å². The lowest BCUT2D eigenvalue weighted by molar-refractivity contribution is 0.104. The summed E-state index contributed by atoms with van der Waals surface area (Å²) in [5.74, 6) is -0.00926. The first-order valence-electron chi connectivity index (χ1n) is 5.05.